The molecule has 0 aliphatic carbocycles. The van der Waals surface area contributed by atoms with Crippen LogP contribution in [0.3, 0.4) is 0 Å². The molecular formula is C8H18K2N6O10P2. The average molecular weight is 498 g/mol. The molecule has 16 nitrogen and oxygen atoms in total. The van der Waals surface area contributed by atoms with Crippen molar-refractivity contribution in [1.82, 2.24) is 9.80 Å². The standard InChI is InChI=1S/2C4H10N3O5P.2K/c2*1-7(4(5)6)2(3(8)9)13(10,11)12;;/h2*2H,1H3,(H3,5,6)(H,8,9)(H2,10,11,12);;/q;;2*+1/p-2. The number of nitrogens with zero attached hydrogens (tertiary/aromatic N) is 2. The largest absolute Gasteiger partial charge is 1.00 e. The summed E-state index contributed by atoms with van der Waals surface area (Å²) in [6, 6.07) is 0. The van der Waals surface area contributed by atoms with Gasteiger partial charge in [0.05, 0.1) is 11.9 Å². The molecule has 10 N–H and O–H groups in total. The number of rotatable bonds is 6. The molecule has 0 spiro atoms. The van der Waals surface area contributed by atoms with Gasteiger partial charge in [-0.2, -0.15) is 0 Å². The number of nitrogens with two attached hydrogens (primary N) is 2. The molecule has 0 aromatic carbocycles. The van der Waals surface area contributed by atoms with E-state index in [1.807, 2.05) is 0 Å². The Hall–Kier alpha value is 1.05. The third-order valence-corrected chi connectivity index (χ3v) is 4.94. The molecule has 0 aliphatic heterocycles. The summed E-state index contributed by atoms with van der Waals surface area (Å²) in [5, 5.41) is 34.1. The molecule has 0 saturated heterocycles. The maximum atomic E-state index is 10.6. The predicted octanol–water partition coefficient (Wildman–Crippen LogP) is -11.9. The van der Waals surface area contributed by atoms with Gasteiger partial charge in [-0.05, 0) is 0 Å². The molecule has 152 valence electrons. The van der Waals surface area contributed by atoms with Crippen molar-refractivity contribution < 1.29 is 151 Å². The Morgan fingerprint density at radius 3 is 1.04 bits per heavy atom. The third kappa shape index (κ3) is 13.4. The number of carbonyl (C=O) groups excluding carboxylic acids is 2. The molecule has 0 radical (unpaired) electrons. The van der Waals surface area contributed by atoms with Crippen molar-refractivity contribution in [3.63, 3.8) is 0 Å². The summed E-state index contributed by atoms with van der Waals surface area (Å²) < 4.78 is 21.2. The molecule has 0 heterocycles. The van der Waals surface area contributed by atoms with Crippen LogP contribution >= 0.6 is 15.2 Å². The summed E-state index contributed by atoms with van der Waals surface area (Å²) in [7, 11) is -7.85. The van der Waals surface area contributed by atoms with E-state index in [-0.39, 0.29) is 103 Å². The van der Waals surface area contributed by atoms with E-state index in [9.17, 15) is 28.9 Å². The van der Waals surface area contributed by atoms with Crippen LogP contribution in [0, 0.1) is 10.8 Å². The normalized spacial score (nSPS) is 12.5. The molecular weight excluding hydrogens is 480 g/mol. The average Bonchev–Trinajstić information content (AvgIpc) is 2.34. The minimum Gasteiger partial charge on any atom is -0.547 e. The summed E-state index contributed by atoms with van der Waals surface area (Å²) in [4.78, 5) is 55.7. The van der Waals surface area contributed by atoms with Crippen molar-refractivity contribution >= 4 is 39.0 Å². The van der Waals surface area contributed by atoms with E-state index in [0.29, 0.717) is 9.80 Å². The quantitative estimate of drug-likeness (QED) is 0.0730. The molecule has 0 fully saturated rings. The fourth-order valence-electron chi connectivity index (χ4n) is 1.31. The third-order valence-electron chi connectivity index (χ3n) is 2.55. The minimum atomic E-state index is -4.90. The van der Waals surface area contributed by atoms with E-state index in [2.05, 4.69) is 0 Å². The molecule has 0 aromatic heterocycles. The monoisotopic (exact) mass is 498 g/mol. The molecule has 2 atom stereocenters. The number of hydrogen-bond acceptors (Lipinski definition) is 8. The van der Waals surface area contributed by atoms with Gasteiger partial charge in [-0.25, -0.2) is 0 Å². The van der Waals surface area contributed by atoms with E-state index in [1.165, 1.54) is 0 Å². The molecule has 28 heavy (non-hydrogen) atoms. The Balaban J connectivity index is -0.000000192. The van der Waals surface area contributed by atoms with E-state index < -0.39 is 50.6 Å². The Morgan fingerprint density at radius 1 is 0.821 bits per heavy atom. The van der Waals surface area contributed by atoms with Gasteiger partial charge in [0.1, 0.15) is 0 Å². The molecule has 2 unspecified atom stereocenters. The maximum Gasteiger partial charge on any atom is 1.00 e. The van der Waals surface area contributed by atoms with Gasteiger partial charge in [-0.3, -0.25) is 19.9 Å². The van der Waals surface area contributed by atoms with Crippen molar-refractivity contribution in [1.29, 1.82) is 10.8 Å². The van der Waals surface area contributed by atoms with Crippen LogP contribution in [-0.2, 0) is 18.7 Å². The topological polar surface area (TPSA) is 302 Å². The summed E-state index contributed by atoms with van der Waals surface area (Å²) in [5.41, 5.74) is 9.69. The number of likely N-dealkylation sites (N-methyl/N-ethyl adjacent to an activating group) is 2. The van der Waals surface area contributed by atoms with Crippen molar-refractivity contribution in [2.75, 3.05) is 14.1 Å². The smallest absolute Gasteiger partial charge is 0.547 e. The van der Waals surface area contributed by atoms with Crippen LogP contribution in [0.25, 0.3) is 0 Å². The van der Waals surface area contributed by atoms with Gasteiger partial charge in [0, 0.05) is 14.1 Å². The Bertz CT molecular complexity index is 612. The summed E-state index contributed by atoms with van der Waals surface area (Å²) in [5.74, 6) is -9.93. The molecule has 0 bridgehead atoms. The minimum absolute atomic E-state index is 0. The second kappa shape index (κ2) is 15.0. The Morgan fingerprint density at radius 2 is 1.00 bits per heavy atom. The summed E-state index contributed by atoms with van der Waals surface area (Å²) in [6.07, 6.45) is 0. The maximum absolute atomic E-state index is 10.6. The first-order valence-corrected chi connectivity index (χ1v) is 9.37. The SMILES string of the molecule is CN(C(=N)N)C(C(=O)[O-])P(=O)(O)O.CN(C(=N)N)C(C(=O)[O-])P(=O)(O)O.[K+].[K+]. The molecule has 0 aliphatic rings. The van der Waals surface area contributed by atoms with Gasteiger partial charge >= 0.3 is 118 Å². The zero-order valence-electron chi connectivity index (χ0n) is 15.3. The van der Waals surface area contributed by atoms with E-state index in [1.54, 1.807) is 0 Å². The predicted molar refractivity (Wildman–Crippen MR) is 81.0 cm³/mol. The van der Waals surface area contributed by atoms with E-state index in [0.717, 1.165) is 14.1 Å². The van der Waals surface area contributed by atoms with Gasteiger partial charge in [-0.1, -0.05) is 0 Å². The van der Waals surface area contributed by atoms with Crippen LogP contribution in [-0.4, -0.2) is 78.9 Å². The van der Waals surface area contributed by atoms with Crippen LogP contribution in [0.5, 0.6) is 0 Å². The van der Waals surface area contributed by atoms with Gasteiger partial charge in [0.2, 0.25) is 0 Å². The van der Waals surface area contributed by atoms with Crippen LogP contribution in [0.4, 0.5) is 0 Å². The fourth-order valence-corrected chi connectivity index (χ4v) is 3.01. The molecule has 20 heteroatoms. The molecule has 0 aromatic rings. The number of aliphatic carboxylic acids is 2. The Labute approximate surface area is 244 Å². The molecule has 0 rings (SSSR count). The van der Waals surface area contributed by atoms with Crippen LogP contribution in [0.15, 0.2) is 0 Å². The Kier molecular flexibility index (Phi) is 19.5. The zero-order valence-corrected chi connectivity index (χ0v) is 23.4. The van der Waals surface area contributed by atoms with E-state index >= 15 is 0 Å². The van der Waals surface area contributed by atoms with Gasteiger partial charge in [-0.15, -0.1) is 0 Å². The summed E-state index contributed by atoms with van der Waals surface area (Å²) in [6.45, 7) is 0. The fraction of sp³-hybridized carbons (Fsp3) is 0.500. The number of hydrogen-bond donors (Lipinski definition) is 8. The first-order valence-electron chi connectivity index (χ1n) is 6.01. The van der Waals surface area contributed by atoms with Gasteiger partial charge < -0.3 is 60.6 Å². The van der Waals surface area contributed by atoms with Gasteiger partial charge in [0.25, 0.3) is 0 Å². The summed E-state index contributed by atoms with van der Waals surface area (Å²) >= 11 is 0. The zero-order chi connectivity index (χ0) is 21.6. The molecule has 0 amide bonds. The van der Waals surface area contributed by atoms with Gasteiger partial charge in [0.15, 0.2) is 23.5 Å². The number of nitrogens with one attached hydrogen (secondary N) is 2. The number of carboxylic acid groups (broad SMARTS) is 2. The second-order valence-corrected chi connectivity index (χ2v) is 7.89. The first kappa shape index (κ1) is 36.4. The van der Waals surface area contributed by atoms with Crippen molar-refractivity contribution in [2.45, 2.75) is 11.6 Å². The second-order valence-electron chi connectivity index (χ2n) is 4.56. The van der Waals surface area contributed by atoms with Crippen LogP contribution in [0.2, 0.25) is 0 Å². The number of guanidine groups is 2. The molecule has 0 saturated carbocycles. The number of carbonyl (C=O) groups is 2. The van der Waals surface area contributed by atoms with Crippen LogP contribution in [0.1, 0.15) is 0 Å². The van der Waals surface area contributed by atoms with Crippen molar-refractivity contribution in [2.24, 2.45) is 11.5 Å². The van der Waals surface area contributed by atoms with E-state index in [4.69, 9.17) is 41.9 Å². The van der Waals surface area contributed by atoms with Crippen molar-refractivity contribution in [3.05, 3.63) is 0 Å². The first-order chi connectivity index (χ1) is 11.4. The van der Waals surface area contributed by atoms with Crippen molar-refractivity contribution in [3.8, 4) is 0 Å². The van der Waals surface area contributed by atoms with Crippen LogP contribution < -0.4 is 124 Å². The number of carboxylic acids is 2.